The summed E-state index contributed by atoms with van der Waals surface area (Å²) in [6, 6.07) is 8.27. The average molecular weight is 356 g/mol. The Morgan fingerprint density at radius 1 is 1.20 bits per heavy atom. The first-order valence-corrected chi connectivity index (χ1v) is 9.40. The van der Waals surface area contributed by atoms with E-state index in [-0.39, 0.29) is 5.91 Å². The molecule has 2 nitrogen and oxygen atoms in total. The second-order valence-corrected chi connectivity index (χ2v) is 7.41. The number of carbonyl (C=O) groups is 1. The number of hydrogen-bond donors (Lipinski definition) is 1. The molecule has 0 bridgehead atoms. The summed E-state index contributed by atoms with van der Waals surface area (Å²) in [5.41, 5.74) is 0.907. The fraction of sp³-hybridized carbons (Fsp3) is 0.562. The molecule has 0 spiro atoms. The second kappa shape index (κ2) is 8.73. The molecular weight excluding hydrogens is 334 g/mol. The summed E-state index contributed by atoms with van der Waals surface area (Å²) in [4.78, 5) is 13.0. The number of thioether (sulfide) groups is 1. The average Bonchev–Trinajstić information content (AvgIpc) is 2.94. The fourth-order valence-electron chi connectivity index (χ4n) is 2.42. The van der Waals surface area contributed by atoms with Crippen molar-refractivity contribution in [3.8, 4) is 0 Å². The van der Waals surface area contributed by atoms with Crippen molar-refractivity contribution in [3.63, 3.8) is 0 Å². The number of benzene rings is 1. The lowest BCUT2D eigenvalue weighted by molar-refractivity contribution is -0.116. The molecule has 0 saturated heterocycles. The lowest BCUT2D eigenvalue weighted by Gasteiger charge is -2.10. The number of rotatable bonds is 7. The van der Waals surface area contributed by atoms with Crippen molar-refractivity contribution in [1.29, 1.82) is 0 Å². The van der Waals surface area contributed by atoms with Gasteiger partial charge in [-0.2, -0.15) is 0 Å². The van der Waals surface area contributed by atoms with E-state index in [1.165, 1.54) is 30.6 Å². The highest BCUT2D eigenvalue weighted by molar-refractivity contribution is 9.09. The number of halogens is 1. The van der Waals surface area contributed by atoms with E-state index in [0.717, 1.165) is 29.1 Å². The molecular formula is C16H22BrNOS. The summed E-state index contributed by atoms with van der Waals surface area (Å²) in [5, 5.41) is 4.72. The van der Waals surface area contributed by atoms with Crippen molar-refractivity contribution in [2.45, 2.75) is 55.1 Å². The van der Waals surface area contributed by atoms with E-state index in [2.05, 4.69) is 33.4 Å². The molecule has 0 radical (unpaired) electrons. The molecule has 2 rings (SSSR count). The number of carbonyl (C=O) groups excluding carboxylic acids is 1. The molecule has 1 N–H and O–H groups in total. The highest BCUT2D eigenvalue weighted by Crippen LogP contribution is 2.34. The second-order valence-electron chi connectivity index (χ2n) is 5.24. The predicted octanol–water partition coefficient (Wildman–Crippen LogP) is 5.23. The first kappa shape index (κ1) is 15.9. The van der Waals surface area contributed by atoms with E-state index in [4.69, 9.17) is 0 Å². The highest BCUT2D eigenvalue weighted by atomic mass is 79.9. The van der Waals surface area contributed by atoms with Crippen LogP contribution in [0.3, 0.4) is 0 Å². The highest BCUT2D eigenvalue weighted by Gasteiger charge is 2.15. The van der Waals surface area contributed by atoms with Crippen molar-refractivity contribution in [3.05, 3.63) is 24.3 Å². The topological polar surface area (TPSA) is 29.1 Å². The maximum Gasteiger partial charge on any atom is 0.224 e. The molecule has 1 aromatic rings. The summed E-state index contributed by atoms with van der Waals surface area (Å²) in [6.07, 6.45) is 8.02. The molecule has 1 fully saturated rings. The van der Waals surface area contributed by atoms with Crippen molar-refractivity contribution >= 4 is 39.3 Å². The molecule has 0 aromatic heterocycles. The molecule has 20 heavy (non-hydrogen) atoms. The largest absolute Gasteiger partial charge is 0.326 e. The maximum atomic E-state index is 11.7. The van der Waals surface area contributed by atoms with E-state index < -0.39 is 0 Å². The van der Waals surface area contributed by atoms with Gasteiger partial charge < -0.3 is 5.32 Å². The molecule has 1 aliphatic carbocycles. The zero-order valence-electron chi connectivity index (χ0n) is 11.7. The first-order valence-electron chi connectivity index (χ1n) is 7.40. The van der Waals surface area contributed by atoms with Gasteiger partial charge in [0.25, 0.3) is 0 Å². The van der Waals surface area contributed by atoms with E-state index in [0.29, 0.717) is 6.42 Å². The van der Waals surface area contributed by atoms with Crippen LogP contribution in [0.15, 0.2) is 29.2 Å². The SMILES string of the molecule is O=C(CCCCBr)Nc1ccc(SC2CCCC2)cc1. The summed E-state index contributed by atoms with van der Waals surface area (Å²) in [7, 11) is 0. The number of hydrogen-bond acceptors (Lipinski definition) is 2. The molecule has 0 unspecified atom stereocenters. The third-order valence-electron chi connectivity index (χ3n) is 3.53. The molecule has 1 aliphatic rings. The minimum atomic E-state index is 0.113. The van der Waals surface area contributed by atoms with Gasteiger partial charge in [0.1, 0.15) is 0 Å². The Morgan fingerprint density at radius 3 is 2.55 bits per heavy atom. The zero-order valence-corrected chi connectivity index (χ0v) is 14.1. The number of anilines is 1. The number of unbranched alkanes of at least 4 members (excludes halogenated alkanes) is 1. The van der Waals surface area contributed by atoms with Gasteiger partial charge >= 0.3 is 0 Å². The summed E-state index contributed by atoms with van der Waals surface area (Å²) in [5.74, 6) is 0.113. The van der Waals surface area contributed by atoms with Gasteiger partial charge in [0.2, 0.25) is 5.91 Å². The van der Waals surface area contributed by atoms with Gasteiger partial charge in [0, 0.05) is 27.6 Å². The van der Waals surface area contributed by atoms with Gasteiger partial charge in [-0.25, -0.2) is 0 Å². The Balaban J connectivity index is 1.77. The lowest BCUT2D eigenvalue weighted by atomic mass is 10.2. The zero-order chi connectivity index (χ0) is 14.2. The standard InChI is InChI=1S/C16H22BrNOS/c17-12-4-3-7-16(19)18-13-8-10-15(11-9-13)20-14-5-1-2-6-14/h8-11,14H,1-7,12H2,(H,18,19). The van der Waals surface area contributed by atoms with Crippen molar-refractivity contribution in [2.24, 2.45) is 0 Å². The minimum absolute atomic E-state index is 0.113. The molecule has 110 valence electrons. The Morgan fingerprint density at radius 2 is 1.90 bits per heavy atom. The van der Waals surface area contributed by atoms with Gasteiger partial charge in [-0.05, 0) is 49.9 Å². The van der Waals surface area contributed by atoms with Crippen LogP contribution < -0.4 is 5.32 Å². The molecule has 4 heteroatoms. The molecule has 0 atom stereocenters. The predicted molar refractivity (Wildman–Crippen MR) is 90.8 cm³/mol. The van der Waals surface area contributed by atoms with Crippen LogP contribution in [0, 0.1) is 0 Å². The smallest absolute Gasteiger partial charge is 0.224 e. The van der Waals surface area contributed by atoms with Gasteiger partial charge in [-0.3, -0.25) is 4.79 Å². The van der Waals surface area contributed by atoms with Crippen molar-refractivity contribution in [2.75, 3.05) is 10.6 Å². The Hall–Kier alpha value is -0.480. The van der Waals surface area contributed by atoms with E-state index in [9.17, 15) is 4.79 Å². The van der Waals surface area contributed by atoms with Crippen LogP contribution >= 0.6 is 27.7 Å². The fourth-order valence-corrected chi connectivity index (χ4v) is 4.06. The van der Waals surface area contributed by atoms with Crippen LogP contribution in [0.4, 0.5) is 5.69 Å². The monoisotopic (exact) mass is 355 g/mol. The first-order chi connectivity index (χ1) is 9.78. The minimum Gasteiger partial charge on any atom is -0.326 e. The van der Waals surface area contributed by atoms with Gasteiger partial charge in [-0.1, -0.05) is 28.8 Å². The Kier molecular flexibility index (Phi) is 6.94. The van der Waals surface area contributed by atoms with Crippen LogP contribution in [0.5, 0.6) is 0 Å². The van der Waals surface area contributed by atoms with Crippen LogP contribution in [0.1, 0.15) is 44.9 Å². The third kappa shape index (κ3) is 5.49. The third-order valence-corrected chi connectivity index (χ3v) is 5.44. The lowest BCUT2D eigenvalue weighted by Crippen LogP contribution is -2.10. The van der Waals surface area contributed by atoms with E-state index in [1.807, 2.05) is 23.9 Å². The van der Waals surface area contributed by atoms with Gasteiger partial charge in [0.15, 0.2) is 0 Å². The molecule has 1 aromatic carbocycles. The molecule has 0 heterocycles. The van der Waals surface area contributed by atoms with Gasteiger partial charge in [0.05, 0.1) is 0 Å². The van der Waals surface area contributed by atoms with Crippen molar-refractivity contribution < 1.29 is 4.79 Å². The Bertz CT molecular complexity index is 415. The normalized spacial score (nSPS) is 15.4. The van der Waals surface area contributed by atoms with Crippen LogP contribution in [0.2, 0.25) is 0 Å². The van der Waals surface area contributed by atoms with E-state index >= 15 is 0 Å². The molecule has 0 aliphatic heterocycles. The van der Waals surface area contributed by atoms with Gasteiger partial charge in [-0.15, -0.1) is 11.8 Å². The molecule has 1 amide bonds. The summed E-state index contributed by atoms with van der Waals surface area (Å²) < 4.78 is 0. The van der Waals surface area contributed by atoms with Crippen LogP contribution in [-0.2, 0) is 4.79 Å². The Labute approximate surface area is 134 Å². The van der Waals surface area contributed by atoms with Crippen LogP contribution in [-0.4, -0.2) is 16.5 Å². The number of alkyl halides is 1. The maximum absolute atomic E-state index is 11.7. The molecule has 1 saturated carbocycles. The number of nitrogens with one attached hydrogen (secondary N) is 1. The van der Waals surface area contributed by atoms with E-state index in [1.54, 1.807) is 0 Å². The summed E-state index contributed by atoms with van der Waals surface area (Å²) >= 11 is 5.35. The summed E-state index contributed by atoms with van der Waals surface area (Å²) in [6.45, 7) is 0. The quantitative estimate of drug-likeness (QED) is 0.536. The van der Waals surface area contributed by atoms with Crippen molar-refractivity contribution in [1.82, 2.24) is 0 Å². The van der Waals surface area contributed by atoms with Crippen LogP contribution in [0.25, 0.3) is 0 Å². The number of amides is 1.